The van der Waals surface area contributed by atoms with E-state index in [0.29, 0.717) is 30.5 Å². The molecule has 6 nitrogen and oxygen atoms in total. The lowest BCUT2D eigenvalue weighted by Gasteiger charge is -2.31. The van der Waals surface area contributed by atoms with Crippen LogP contribution in [0.25, 0.3) is 10.9 Å². The molecule has 27 heavy (non-hydrogen) atoms. The van der Waals surface area contributed by atoms with Crippen LogP contribution in [0.5, 0.6) is 0 Å². The zero-order chi connectivity index (χ0) is 19.2. The van der Waals surface area contributed by atoms with Gasteiger partial charge in [-0.2, -0.15) is 4.31 Å². The molecule has 0 aliphatic carbocycles. The van der Waals surface area contributed by atoms with Crippen LogP contribution in [0.15, 0.2) is 33.7 Å². The molecule has 0 spiro atoms. The Bertz CT molecular complexity index is 1050. The zero-order valence-corrected chi connectivity index (χ0v) is 16.8. The number of nitrogens with zero attached hydrogens (tertiary/aromatic N) is 2. The molecule has 3 heterocycles. The second-order valence-electron chi connectivity index (χ2n) is 7.48. The topological polar surface area (TPSA) is 79.2 Å². The molecule has 7 heteroatoms. The third kappa shape index (κ3) is 3.19. The lowest BCUT2D eigenvalue weighted by molar-refractivity contribution is 0.272. The number of rotatable bonds is 4. The Morgan fingerprint density at radius 3 is 2.56 bits per heavy atom. The second kappa shape index (κ2) is 6.80. The summed E-state index contributed by atoms with van der Waals surface area (Å²) in [5.41, 5.74) is 4.17. The van der Waals surface area contributed by atoms with Crippen LogP contribution in [0, 0.1) is 26.7 Å². The van der Waals surface area contributed by atoms with E-state index in [1.807, 2.05) is 6.07 Å². The molecular weight excluding hydrogens is 362 g/mol. The van der Waals surface area contributed by atoms with Gasteiger partial charge in [0.2, 0.25) is 10.0 Å². The number of fused-ring (bicyclic) bond motifs is 1. The highest BCUT2D eigenvalue weighted by Crippen LogP contribution is 2.31. The van der Waals surface area contributed by atoms with Gasteiger partial charge in [-0.1, -0.05) is 23.4 Å². The van der Waals surface area contributed by atoms with E-state index in [2.05, 4.69) is 35.3 Å². The quantitative estimate of drug-likeness (QED) is 0.740. The van der Waals surface area contributed by atoms with Crippen molar-refractivity contribution in [2.45, 2.75) is 44.9 Å². The summed E-state index contributed by atoms with van der Waals surface area (Å²) in [6, 6.07) is 8.37. The molecular formula is C20H25N3O3S. The average molecular weight is 388 g/mol. The minimum Gasteiger partial charge on any atom is -0.360 e. The number of para-hydroxylation sites is 1. The van der Waals surface area contributed by atoms with Gasteiger partial charge in [-0.05, 0) is 57.6 Å². The molecule has 1 aliphatic rings. The van der Waals surface area contributed by atoms with Crippen LogP contribution in [0.1, 0.15) is 35.6 Å². The average Bonchev–Trinajstić information content (AvgIpc) is 3.15. The van der Waals surface area contributed by atoms with Crippen LogP contribution < -0.4 is 0 Å². The van der Waals surface area contributed by atoms with Crippen molar-refractivity contribution in [1.29, 1.82) is 0 Å². The number of hydrogen-bond acceptors (Lipinski definition) is 4. The zero-order valence-electron chi connectivity index (χ0n) is 15.9. The Labute approximate surface area is 159 Å². The van der Waals surface area contributed by atoms with Gasteiger partial charge >= 0.3 is 0 Å². The molecule has 1 fully saturated rings. The summed E-state index contributed by atoms with van der Waals surface area (Å²) in [5.74, 6) is 0.850. The van der Waals surface area contributed by atoms with Crippen LogP contribution in [-0.4, -0.2) is 36.0 Å². The second-order valence-corrected chi connectivity index (χ2v) is 9.35. The maximum absolute atomic E-state index is 13.0. The number of benzene rings is 1. The summed E-state index contributed by atoms with van der Waals surface area (Å²) in [5, 5.41) is 5.07. The van der Waals surface area contributed by atoms with Crippen molar-refractivity contribution in [3.8, 4) is 0 Å². The Hall–Kier alpha value is -2.12. The number of piperidine rings is 1. The maximum Gasteiger partial charge on any atom is 0.248 e. The molecule has 144 valence electrons. The Balaban J connectivity index is 1.48. The van der Waals surface area contributed by atoms with E-state index in [1.54, 1.807) is 18.2 Å². The predicted molar refractivity (Wildman–Crippen MR) is 104 cm³/mol. The molecule has 0 radical (unpaired) electrons. The van der Waals surface area contributed by atoms with E-state index in [4.69, 9.17) is 4.52 Å². The van der Waals surface area contributed by atoms with Crippen LogP contribution >= 0.6 is 0 Å². The number of aromatic nitrogens is 2. The smallest absolute Gasteiger partial charge is 0.248 e. The van der Waals surface area contributed by atoms with Gasteiger partial charge in [0.05, 0.1) is 0 Å². The first kappa shape index (κ1) is 18.3. The third-order valence-corrected chi connectivity index (χ3v) is 7.80. The number of aryl methyl sites for hydroxylation is 3. The molecule has 2 aromatic heterocycles. The first-order valence-electron chi connectivity index (χ1n) is 9.37. The summed E-state index contributed by atoms with van der Waals surface area (Å²) in [6.45, 7) is 6.53. The normalized spacial score (nSPS) is 17.0. The Morgan fingerprint density at radius 2 is 1.89 bits per heavy atom. The monoisotopic (exact) mass is 387 g/mol. The SMILES string of the molecule is Cc1noc(C)c1S(=O)(=O)N1CCC(Cc2c(C)[nH]c3ccccc23)CC1. The van der Waals surface area contributed by atoms with E-state index in [-0.39, 0.29) is 4.90 Å². The van der Waals surface area contributed by atoms with E-state index >= 15 is 0 Å². The van der Waals surface area contributed by atoms with Crippen molar-refractivity contribution in [3.05, 3.63) is 47.0 Å². The van der Waals surface area contributed by atoms with Crippen molar-refractivity contribution in [2.24, 2.45) is 5.92 Å². The number of nitrogens with one attached hydrogen (secondary N) is 1. The fourth-order valence-corrected chi connectivity index (χ4v) is 5.97. The van der Waals surface area contributed by atoms with E-state index in [1.165, 1.54) is 22.2 Å². The summed E-state index contributed by atoms with van der Waals surface area (Å²) < 4.78 is 32.6. The van der Waals surface area contributed by atoms with Crippen molar-refractivity contribution in [1.82, 2.24) is 14.4 Å². The van der Waals surface area contributed by atoms with Gasteiger partial charge in [0, 0.05) is 29.7 Å². The van der Waals surface area contributed by atoms with Crippen molar-refractivity contribution >= 4 is 20.9 Å². The van der Waals surface area contributed by atoms with Gasteiger partial charge < -0.3 is 9.51 Å². The van der Waals surface area contributed by atoms with E-state index in [9.17, 15) is 8.42 Å². The fraction of sp³-hybridized carbons (Fsp3) is 0.450. The van der Waals surface area contributed by atoms with Crippen molar-refractivity contribution < 1.29 is 12.9 Å². The van der Waals surface area contributed by atoms with E-state index in [0.717, 1.165) is 19.3 Å². The van der Waals surface area contributed by atoms with Gasteiger partial charge in [-0.25, -0.2) is 8.42 Å². The minimum absolute atomic E-state index is 0.230. The van der Waals surface area contributed by atoms with Crippen molar-refractivity contribution in [3.63, 3.8) is 0 Å². The summed E-state index contributed by atoms with van der Waals surface area (Å²) in [4.78, 5) is 3.69. The van der Waals surface area contributed by atoms with Gasteiger partial charge in [-0.15, -0.1) is 0 Å². The van der Waals surface area contributed by atoms with Gasteiger partial charge in [-0.3, -0.25) is 0 Å². The molecule has 0 unspecified atom stereocenters. The largest absolute Gasteiger partial charge is 0.360 e. The van der Waals surface area contributed by atoms with Gasteiger partial charge in [0.1, 0.15) is 10.6 Å². The lowest BCUT2D eigenvalue weighted by Crippen LogP contribution is -2.39. The summed E-state index contributed by atoms with van der Waals surface area (Å²) >= 11 is 0. The highest BCUT2D eigenvalue weighted by molar-refractivity contribution is 7.89. The van der Waals surface area contributed by atoms with Crippen molar-refractivity contribution in [2.75, 3.05) is 13.1 Å². The molecule has 0 atom stereocenters. The predicted octanol–water partition coefficient (Wildman–Crippen LogP) is 3.72. The highest BCUT2D eigenvalue weighted by atomic mass is 32.2. The van der Waals surface area contributed by atoms with Crippen LogP contribution in [0.3, 0.4) is 0 Å². The van der Waals surface area contributed by atoms with Crippen LogP contribution in [0.2, 0.25) is 0 Å². The molecule has 1 aromatic carbocycles. The number of hydrogen-bond donors (Lipinski definition) is 1. The first-order chi connectivity index (χ1) is 12.9. The molecule has 0 amide bonds. The third-order valence-electron chi connectivity index (χ3n) is 5.66. The molecule has 0 saturated carbocycles. The number of aromatic amines is 1. The minimum atomic E-state index is -3.54. The number of sulfonamides is 1. The highest BCUT2D eigenvalue weighted by Gasteiger charge is 2.34. The van der Waals surface area contributed by atoms with Gasteiger partial charge in [0.15, 0.2) is 5.76 Å². The molecule has 3 aromatic rings. The maximum atomic E-state index is 13.0. The fourth-order valence-electron chi connectivity index (χ4n) is 4.21. The van der Waals surface area contributed by atoms with Crippen LogP contribution in [0.4, 0.5) is 0 Å². The van der Waals surface area contributed by atoms with E-state index < -0.39 is 10.0 Å². The summed E-state index contributed by atoms with van der Waals surface area (Å²) in [6.07, 6.45) is 2.71. The molecule has 4 rings (SSSR count). The Kier molecular flexibility index (Phi) is 4.60. The molecule has 0 bridgehead atoms. The molecule has 1 aliphatic heterocycles. The Morgan fingerprint density at radius 1 is 1.19 bits per heavy atom. The molecule has 1 N–H and O–H groups in total. The van der Waals surface area contributed by atoms with Gasteiger partial charge in [0.25, 0.3) is 0 Å². The summed E-state index contributed by atoms with van der Waals surface area (Å²) in [7, 11) is -3.54. The standard InChI is InChI=1S/C20H25N3O3S/c1-13-18(17-6-4-5-7-19(17)21-13)12-16-8-10-23(11-9-16)27(24,25)20-14(2)22-26-15(20)3/h4-7,16,21H,8-12H2,1-3H3. The number of H-pyrrole nitrogens is 1. The van der Waals surface area contributed by atoms with Crippen LogP contribution in [-0.2, 0) is 16.4 Å². The molecule has 1 saturated heterocycles. The first-order valence-corrected chi connectivity index (χ1v) is 10.8. The lowest BCUT2D eigenvalue weighted by atomic mass is 9.90.